The van der Waals surface area contributed by atoms with Crippen LogP contribution in [0.25, 0.3) is 0 Å². The van der Waals surface area contributed by atoms with Crippen molar-refractivity contribution >= 4 is 0 Å². The smallest absolute Gasteiger partial charge is 0.0126 e. The van der Waals surface area contributed by atoms with Crippen LogP contribution in [0.3, 0.4) is 0 Å². The number of nitrogens with one attached hydrogen (secondary N) is 1. The van der Waals surface area contributed by atoms with Gasteiger partial charge in [-0.1, -0.05) is 20.3 Å². The first-order valence-corrected chi connectivity index (χ1v) is 6.96. The fourth-order valence-electron chi connectivity index (χ4n) is 2.73. The van der Waals surface area contributed by atoms with Crippen molar-refractivity contribution in [1.29, 1.82) is 0 Å². The minimum absolute atomic E-state index is 0.728. The van der Waals surface area contributed by atoms with Crippen molar-refractivity contribution in [2.24, 2.45) is 17.8 Å². The molecule has 0 spiro atoms. The van der Waals surface area contributed by atoms with Crippen LogP contribution in [0.2, 0.25) is 0 Å². The molecule has 0 aliphatic heterocycles. The van der Waals surface area contributed by atoms with E-state index in [1.54, 1.807) is 0 Å². The van der Waals surface area contributed by atoms with Gasteiger partial charge in [0.25, 0.3) is 0 Å². The second-order valence-corrected chi connectivity index (χ2v) is 6.02. The molecule has 2 atom stereocenters. The molecular formula is C14H27N. The van der Waals surface area contributed by atoms with E-state index in [9.17, 15) is 0 Å². The van der Waals surface area contributed by atoms with Gasteiger partial charge >= 0.3 is 0 Å². The van der Waals surface area contributed by atoms with Crippen LogP contribution in [-0.2, 0) is 0 Å². The highest BCUT2D eigenvalue weighted by atomic mass is 15.0. The summed E-state index contributed by atoms with van der Waals surface area (Å²) >= 11 is 0. The van der Waals surface area contributed by atoms with Crippen molar-refractivity contribution < 1.29 is 0 Å². The minimum Gasteiger partial charge on any atom is -0.311 e. The van der Waals surface area contributed by atoms with E-state index in [0.29, 0.717) is 0 Å². The van der Waals surface area contributed by atoms with Gasteiger partial charge in [-0.25, -0.2) is 0 Å². The maximum absolute atomic E-state index is 3.91. The van der Waals surface area contributed by atoms with Gasteiger partial charge in [0.15, 0.2) is 0 Å². The van der Waals surface area contributed by atoms with Crippen LogP contribution in [0.5, 0.6) is 0 Å². The van der Waals surface area contributed by atoms with E-state index in [1.807, 2.05) is 0 Å². The van der Waals surface area contributed by atoms with Gasteiger partial charge in [-0.05, 0) is 56.8 Å². The van der Waals surface area contributed by atoms with Crippen molar-refractivity contribution in [2.45, 2.75) is 71.4 Å². The Hall–Kier alpha value is -0.0400. The van der Waals surface area contributed by atoms with Crippen LogP contribution in [0.4, 0.5) is 0 Å². The Morgan fingerprint density at radius 1 is 1.07 bits per heavy atom. The van der Waals surface area contributed by atoms with Gasteiger partial charge in [0, 0.05) is 12.1 Å². The standard InChI is InChI=1S/C14H27N/c1-4-10(2)9-11(3)15-14(12-5-6-12)13-7-8-13/h10-15H,4-9H2,1-3H3. The highest BCUT2D eigenvalue weighted by molar-refractivity contribution is 4.97. The van der Waals surface area contributed by atoms with E-state index >= 15 is 0 Å². The maximum atomic E-state index is 3.91. The Bertz CT molecular complexity index is 182. The van der Waals surface area contributed by atoms with Crippen LogP contribution in [0.1, 0.15) is 59.3 Å². The Labute approximate surface area is 95.0 Å². The van der Waals surface area contributed by atoms with E-state index < -0.39 is 0 Å². The van der Waals surface area contributed by atoms with Gasteiger partial charge in [0.1, 0.15) is 0 Å². The highest BCUT2D eigenvalue weighted by Gasteiger charge is 2.41. The van der Waals surface area contributed by atoms with Crippen molar-refractivity contribution in [1.82, 2.24) is 5.32 Å². The third-order valence-corrected chi connectivity index (χ3v) is 4.19. The first kappa shape index (κ1) is 11.4. The molecule has 2 unspecified atom stereocenters. The van der Waals surface area contributed by atoms with E-state index in [-0.39, 0.29) is 0 Å². The van der Waals surface area contributed by atoms with Gasteiger partial charge in [-0.15, -0.1) is 0 Å². The van der Waals surface area contributed by atoms with Crippen molar-refractivity contribution in [2.75, 3.05) is 0 Å². The Kier molecular flexibility index (Phi) is 3.71. The van der Waals surface area contributed by atoms with E-state index in [2.05, 4.69) is 26.1 Å². The van der Waals surface area contributed by atoms with Crippen LogP contribution < -0.4 is 5.32 Å². The summed E-state index contributed by atoms with van der Waals surface area (Å²) in [5, 5.41) is 3.91. The lowest BCUT2D eigenvalue weighted by Crippen LogP contribution is -2.40. The quantitative estimate of drug-likeness (QED) is 0.675. The predicted molar refractivity (Wildman–Crippen MR) is 65.9 cm³/mol. The van der Waals surface area contributed by atoms with Gasteiger partial charge in [0.05, 0.1) is 0 Å². The molecule has 2 aliphatic rings. The van der Waals surface area contributed by atoms with E-state index in [0.717, 1.165) is 29.8 Å². The first-order chi connectivity index (χ1) is 7.20. The molecule has 0 bridgehead atoms. The van der Waals surface area contributed by atoms with Crippen molar-refractivity contribution in [3.05, 3.63) is 0 Å². The normalized spacial score (nSPS) is 25.6. The molecule has 15 heavy (non-hydrogen) atoms. The molecule has 2 rings (SSSR count). The summed E-state index contributed by atoms with van der Waals surface area (Å²) in [5.41, 5.74) is 0. The van der Waals surface area contributed by atoms with Crippen LogP contribution >= 0.6 is 0 Å². The molecule has 2 fully saturated rings. The third-order valence-electron chi connectivity index (χ3n) is 4.19. The molecule has 0 amide bonds. The maximum Gasteiger partial charge on any atom is 0.0126 e. The van der Waals surface area contributed by atoms with Crippen LogP contribution in [0.15, 0.2) is 0 Å². The predicted octanol–water partition coefficient (Wildman–Crippen LogP) is 3.59. The zero-order valence-electron chi connectivity index (χ0n) is 10.6. The fraction of sp³-hybridized carbons (Fsp3) is 1.00. The summed E-state index contributed by atoms with van der Waals surface area (Å²) < 4.78 is 0. The summed E-state index contributed by atoms with van der Waals surface area (Å²) in [6.07, 6.45) is 8.64. The molecule has 1 N–H and O–H groups in total. The Morgan fingerprint density at radius 3 is 2.00 bits per heavy atom. The first-order valence-electron chi connectivity index (χ1n) is 6.96. The van der Waals surface area contributed by atoms with Gasteiger partial charge < -0.3 is 5.32 Å². The third kappa shape index (κ3) is 3.48. The molecule has 1 nitrogen and oxygen atoms in total. The summed E-state index contributed by atoms with van der Waals surface area (Å²) in [6, 6.07) is 1.61. The zero-order valence-corrected chi connectivity index (χ0v) is 10.6. The fourth-order valence-corrected chi connectivity index (χ4v) is 2.73. The molecular weight excluding hydrogens is 182 g/mol. The monoisotopic (exact) mass is 209 g/mol. The topological polar surface area (TPSA) is 12.0 Å². The lowest BCUT2D eigenvalue weighted by Gasteiger charge is -2.25. The van der Waals surface area contributed by atoms with Gasteiger partial charge in [-0.2, -0.15) is 0 Å². The summed E-state index contributed by atoms with van der Waals surface area (Å²) in [4.78, 5) is 0. The number of rotatable bonds is 7. The molecule has 1 heteroatoms. The van der Waals surface area contributed by atoms with E-state index in [4.69, 9.17) is 0 Å². The molecule has 0 heterocycles. The number of hydrogen-bond donors (Lipinski definition) is 1. The number of hydrogen-bond acceptors (Lipinski definition) is 1. The lowest BCUT2D eigenvalue weighted by atomic mass is 9.98. The second-order valence-electron chi connectivity index (χ2n) is 6.02. The molecule has 88 valence electrons. The Balaban J connectivity index is 1.73. The van der Waals surface area contributed by atoms with E-state index in [1.165, 1.54) is 38.5 Å². The molecule has 2 aliphatic carbocycles. The summed E-state index contributed by atoms with van der Waals surface area (Å²) in [5.74, 6) is 2.96. The summed E-state index contributed by atoms with van der Waals surface area (Å²) in [7, 11) is 0. The average Bonchev–Trinajstić information content (AvgIpc) is 3.02. The van der Waals surface area contributed by atoms with Crippen molar-refractivity contribution in [3.8, 4) is 0 Å². The summed E-state index contributed by atoms with van der Waals surface area (Å²) in [6.45, 7) is 7.06. The lowest BCUT2D eigenvalue weighted by molar-refractivity contribution is 0.331. The van der Waals surface area contributed by atoms with Crippen LogP contribution in [0, 0.1) is 17.8 Å². The average molecular weight is 209 g/mol. The molecule has 0 saturated heterocycles. The van der Waals surface area contributed by atoms with Crippen molar-refractivity contribution in [3.63, 3.8) is 0 Å². The largest absolute Gasteiger partial charge is 0.311 e. The van der Waals surface area contributed by atoms with Crippen LogP contribution in [-0.4, -0.2) is 12.1 Å². The molecule has 0 aromatic heterocycles. The van der Waals surface area contributed by atoms with Gasteiger partial charge in [-0.3, -0.25) is 0 Å². The molecule has 0 aromatic rings. The molecule has 2 saturated carbocycles. The second kappa shape index (κ2) is 4.86. The Morgan fingerprint density at radius 2 is 1.60 bits per heavy atom. The van der Waals surface area contributed by atoms with Gasteiger partial charge in [0.2, 0.25) is 0 Å². The highest BCUT2D eigenvalue weighted by Crippen LogP contribution is 2.44. The molecule has 0 radical (unpaired) electrons. The minimum atomic E-state index is 0.728. The molecule has 0 aromatic carbocycles. The SMILES string of the molecule is CCC(C)CC(C)NC(C1CC1)C1CC1. The zero-order chi connectivity index (χ0) is 10.8.